The molecule has 1 amide bonds. The van der Waals surface area contributed by atoms with Gasteiger partial charge in [0.25, 0.3) is 5.91 Å². The minimum absolute atomic E-state index is 0.0226. The Kier molecular flexibility index (Phi) is 6.93. The second-order valence-electron chi connectivity index (χ2n) is 6.08. The SMILES string of the molecule is COc1ccc(S(=O)(=O)N2CCOCC2)cc1C(=O)Nc1cc(Cl)c(Cl)cc1Cl. The predicted octanol–water partition coefficient (Wildman–Crippen LogP) is 3.93. The van der Waals surface area contributed by atoms with Crippen molar-refractivity contribution < 1.29 is 22.7 Å². The summed E-state index contributed by atoms with van der Waals surface area (Å²) in [6, 6.07) is 6.90. The normalized spacial score (nSPS) is 15.2. The van der Waals surface area contributed by atoms with Crippen molar-refractivity contribution in [2.75, 3.05) is 38.7 Å². The standard InChI is InChI=1S/C18H17Cl3N2O5S/c1-27-17-3-2-11(29(25,26)23-4-6-28-7-5-23)8-12(17)18(24)22-16-10-14(20)13(19)9-15(16)21/h2-3,8-10H,4-7H2,1H3,(H,22,24). The van der Waals surface area contributed by atoms with Gasteiger partial charge in [-0.1, -0.05) is 34.8 Å². The number of amides is 1. The van der Waals surface area contributed by atoms with E-state index in [4.69, 9.17) is 44.3 Å². The van der Waals surface area contributed by atoms with Gasteiger partial charge in [-0.3, -0.25) is 4.79 Å². The fourth-order valence-corrected chi connectivity index (χ4v) is 4.80. The lowest BCUT2D eigenvalue weighted by Crippen LogP contribution is -2.40. The highest BCUT2D eigenvalue weighted by Crippen LogP contribution is 2.33. The number of nitrogens with one attached hydrogen (secondary N) is 1. The monoisotopic (exact) mass is 478 g/mol. The van der Waals surface area contributed by atoms with E-state index in [1.165, 1.54) is 41.7 Å². The van der Waals surface area contributed by atoms with Gasteiger partial charge >= 0.3 is 0 Å². The summed E-state index contributed by atoms with van der Waals surface area (Å²) >= 11 is 18.0. The van der Waals surface area contributed by atoms with E-state index < -0.39 is 15.9 Å². The summed E-state index contributed by atoms with van der Waals surface area (Å²) in [5.74, 6) is -0.402. The maximum Gasteiger partial charge on any atom is 0.259 e. The summed E-state index contributed by atoms with van der Waals surface area (Å²) in [5, 5.41) is 3.24. The number of morpholine rings is 1. The smallest absolute Gasteiger partial charge is 0.259 e. The minimum atomic E-state index is -3.78. The van der Waals surface area contributed by atoms with Crippen LogP contribution in [0.1, 0.15) is 10.4 Å². The highest BCUT2D eigenvalue weighted by atomic mass is 35.5. The van der Waals surface area contributed by atoms with Crippen LogP contribution in [0.15, 0.2) is 35.2 Å². The summed E-state index contributed by atoms with van der Waals surface area (Å²) in [6.45, 7) is 1.13. The maximum atomic E-state index is 12.9. The second kappa shape index (κ2) is 9.07. The molecule has 0 aliphatic carbocycles. The molecule has 0 saturated carbocycles. The summed E-state index contributed by atoms with van der Waals surface area (Å²) < 4.78 is 37.5. The molecule has 7 nitrogen and oxygen atoms in total. The molecule has 1 fully saturated rings. The van der Waals surface area contributed by atoms with Gasteiger partial charge in [0, 0.05) is 13.1 Å². The lowest BCUT2D eigenvalue weighted by molar-refractivity contribution is 0.0730. The van der Waals surface area contributed by atoms with Gasteiger partial charge in [-0.15, -0.1) is 0 Å². The molecular formula is C18H17Cl3N2O5S. The van der Waals surface area contributed by atoms with Crippen LogP contribution in [-0.4, -0.2) is 52.0 Å². The molecule has 0 atom stereocenters. The van der Waals surface area contributed by atoms with Gasteiger partial charge in [0.15, 0.2) is 0 Å². The summed E-state index contributed by atoms with van der Waals surface area (Å²) in [6.07, 6.45) is 0. The van der Waals surface area contributed by atoms with Crippen LogP contribution in [0.2, 0.25) is 15.1 Å². The van der Waals surface area contributed by atoms with E-state index in [0.717, 1.165) is 0 Å². The van der Waals surface area contributed by atoms with E-state index in [-0.39, 0.29) is 50.1 Å². The molecule has 1 aliphatic rings. The first-order valence-electron chi connectivity index (χ1n) is 8.46. The fraction of sp³-hybridized carbons (Fsp3) is 0.278. The van der Waals surface area contributed by atoms with Gasteiger partial charge in [0.1, 0.15) is 5.75 Å². The Balaban J connectivity index is 1.95. The molecule has 1 saturated heterocycles. The Labute approximate surface area is 183 Å². The third kappa shape index (κ3) is 4.79. The van der Waals surface area contributed by atoms with Crippen LogP contribution in [0.4, 0.5) is 5.69 Å². The average molecular weight is 480 g/mol. The van der Waals surface area contributed by atoms with Crippen molar-refractivity contribution >= 4 is 56.4 Å². The number of benzene rings is 2. The lowest BCUT2D eigenvalue weighted by atomic mass is 10.2. The first-order chi connectivity index (χ1) is 13.7. The van der Waals surface area contributed by atoms with Gasteiger partial charge in [0.05, 0.1) is 51.5 Å². The van der Waals surface area contributed by atoms with Crippen molar-refractivity contribution in [2.45, 2.75) is 4.90 Å². The Morgan fingerprint density at radius 2 is 1.72 bits per heavy atom. The van der Waals surface area contributed by atoms with E-state index in [9.17, 15) is 13.2 Å². The molecule has 0 radical (unpaired) electrons. The zero-order chi connectivity index (χ0) is 21.2. The van der Waals surface area contributed by atoms with E-state index in [1.54, 1.807) is 0 Å². The van der Waals surface area contributed by atoms with Crippen LogP contribution in [0, 0.1) is 0 Å². The predicted molar refractivity (Wildman–Crippen MR) is 112 cm³/mol. The first-order valence-corrected chi connectivity index (χ1v) is 11.0. The van der Waals surface area contributed by atoms with Gasteiger partial charge in [-0.2, -0.15) is 4.31 Å². The largest absolute Gasteiger partial charge is 0.496 e. The summed E-state index contributed by atoms with van der Waals surface area (Å²) in [5.41, 5.74) is 0.263. The van der Waals surface area contributed by atoms with Crippen LogP contribution in [-0.2, 0) is 14.8 Å². The van der Waals surface area contributed by atoms with Crippen LogP contribution < -0.4 is 10.1 Å². The van der Waals surface area contributed by atoms with E-state index in [1.807, 2.05) is 0 Å². The topological polar surface area (TPSA) is 84.9 Å². The minimum Gasteiger partial charge on any atom is -0.496 e. The Morgan fingerprint density at radius 1 is 1.07 bits per heavy atom. The molecule has 29 heavy (non-hydrogen) atoms. The fourth-order valence-electron chi connectivity index (χ4n) is 2.77. The Bertz CT molecular complexity index is 1040. The molecule has 2 aromatic rings. The number of nitrogens with zero attached hydrogens (tertiary/aromatic N) is 1. The summed E-state index contributed by atoms with van der Waals surface area (Å²) in [4.78, 5) is 12.8. The van der Waals surface area contributed by atoms with Gasteiger partial charge in [-0.25, -0.2) is 8.42 Å². The molecular weight excluding hydrogens is 463 g/mol. The number of carbonyl (C=O) groups excluding carboxylic acids is 1. The van der Waals surface area contributed by atoms with Crippen LogP contribution in [0.3, 0.4) is 0 Å². The Morgan fingerprint density at radius 3 is 2.38 bits per heavy atom. The van der Waals surface area contributed by atoms with Crippen molar-refractivity contribution in [3.8, 4) is 5.75 Å². The molecule has 156 valence electrons. The number of hydrogen-bond acceptors (Lipinski definition) is 5. The molecule has 0 spiro atoms. The number of halogens is 3. The quantitative estimate of drug-likeness (QED) is 0.657. The van der Waals surface area contributed by atoms with E-state index >= 15 is 0 Å². The zero-order valence-corrected chi connectivity index (χ0v) is 18.3. The zero-order valence-electron chi connectivity index (χ0n) is 15.2. The average Bonchev–Trinajstić information content (AvgIpc) is 2.72. The Hall–Kier alpha value is -1.55. The molecule has 3 rings (SSSR count). The van der Waals surface area contributed by atoms with Crippen molar-refractivity contribution in [1.82, 2.24) is 4.31 Å². The number of sulfonamides is 1. The van der Waals surface area contributed by atoms with E-state index in [2.05, 4.69) is 5.32 Å². The molecule has 1 heterocycles. The first kappa shape index (κ1) is 22.1. The third-order valence-corrected chi connectivity index (χ3v) is 7.21. The van der Waals surface area contributed by atoms with Crippen LogP contribution >= 0.6 is 34.8 Å². The molecule has 1 N–H and O–H groups in total. The third-order valence-electron chi connectivity index (χ3n) is 4.28. The van der Waals surface area contributed by atoms with Gasteiger partial charge in [-0.05, 0) is 30.3 Å². The molecule has 0 unspecified atom stereocenters. The highest BCUT2D eigenvalue weighted by Gasteiger charge is 2.28. The number of ether oxygens (including phenoxy) is 2. The van der Waals surface area contributed by atoms with Gasteiger partial charge in [0.2, 0.25) is 10.0 Å². The number of carbonyl (C=O) groups is 1. The number of hydrogen-bond donors (Lipinski definition) is 1. The van der Waals surface area contributed by atoms with Crippen LogP contribution in [0.5, 0.6) is 5.75 Å². The molecule has 2 aromatic carbocycles. The van der Waals surface area contributed by atoms with Crippen molar-refractivity contribution in [2.24, 2.45) is 0 Å². The molecule has 0 bridgehead atoms. The van der Waals surface area contributed by atoms with Gasteiger partial charge < -0.3 is 14.8 Å². The van der Waals surface area contributed by atoms with Crippen molar-refractivity contribution in [3.05, 3.63) is 51.0 Å². The highest BCUT2D eigenvalue weighted by molar-refractivity contribution is 7.89. The van der Waals surface area contributed by atoms with E-state index in [0.29, 0.717) is 13.2 Å². The lowest BCUT2D eigenvalue weighted by Gasteiger charge is -2.26. The maximum absolute atomic E-state index is 12.9. The molecule has 0 aromatic heterocycles. The number of anilines is 1. The molecule has 11 heteroatoms. The van der Waals surface area contributed by atoms with Crippen LogP contribution in [0.25, 0.3) is 0 Å². The second-order valence-corrected chi connectivity index (χ2v) is 9.24. The molecule has 1 aliphatic heterocycles. The van der Waals surface area contributed by atoms with Crippen molar-refractivity contribution in [1.29, 1.82) is 0 Å². The number of rotatable bonds is 5. The number of methoxy groups -OCH3 is 1. The summed E-state index contributed by atoms with van der Waals surface area (Å²) in [7, 11) is -2.40. The van der Waals surface area contributed by atoms with Crippen molar-refractivity contribution in [3.63, 3.8) is 0 Å².